The van der Waals surface area contributed by atoms with Gasteiger partial charge in [-0.3, -0.25) is 0 Å². The molecule has 0 saturated carbocycles. The Hall–Kier alpha value is -1.55. The normalized spacial score (nSPS) is 11.5. The molecule has 2 rings (SSSR count). The number of nitrogen functional groups attached to an aromatic ring is 1. The summed E-state index contributed by atoms with van der Waals surface area (Å²) in [6.07, 6.45) is 0.956. The number of nitrogens with zero attached hydrogens (tertiary/aromatic N) is 3. The number of fused-ring (bicyclic) bond motifs is 1. The van der Waals surface area contributed by atoms with Gasteiger partial charge in [-0.15, -0.1) is 0 Å². The molecule has 2 N–H and O–H groups in total. The number of imidazole rings is 1. The number of hydrogen-bond donors (Lipinski definition) is 1. The van der Waals surface area contributed by atoms with E-state index in [9.17, 15) is 0 Å². The molecule has 0 bridgehead atoms. The summed E-state index contributed by atoms with van der Waals surface area (Å²) in [5, 5.41) is 0. The molecule has 16 heavy (non-hydrogen) atoms. The van der Waals surface area contributed by atoms with Crippen LogP contribution in [0.3, 0.4) is 0 Å². The maximum absolute atomic E-state index is 5.75. The van der Waals surface area contributed by atoms with Crippen LogP contribution in [0.15, 0.2) is 18.2 Å². The summed E-state index contributed by atoms with van der Waals surface area (Å²) in [6.45, 7) is 1.01. The Morgan fingerprint density at radius 3 is 2.81 bits per heavy atom. The second-order valence-corrected chi connectivity index (χ2v) is 4.39. The van der Waals surface area contributed by atoms with Gasteiger partial charge < -0.3 is 15.2 Å². The molecular weight excluding hydrogens is 200 g/mol. The van der Waals surface area contributed by atoms with E-state index in [1.807, 2.05) is 18.2 Å². The molecule has 0 fully saturated rings. The zero-order valence-corrected chi connectivity index (χ0v) is 10.1. The van der Waals surface area contributed by atoms with Gasteiger partial charge in [-0.2, -0.15) is 0 Å². The fraction of sp³-hybridized carbons (Fsp3) is 0.417. The van der Waals surface area contributed by atoms with E-state index in [-0.39, 0.29) is 0 Å². The highest BCUT2D eigenvalue weighted by molar-refractivity contribution is 5.79. The van der Waals surface area contributed by atoms with Crippen LogP contribution in [0.1, 0.15) is 5.82 Å². The van der Waals surface area contributed by atoms with Crippen molar-refractivity contribution in [3.63, 3.8) is 0 Å². The number of likely N-dealkylation sites (N-methyl/N-ethyl adjacent to an activating group) is 1. The van der Waals surface area contributed by atoms with E-state index in [1.54, 1.807) is 0 Å². The highest BCUT2D eigenvalue weighted by Gasteiger charge is 2.07. The fourth-order valence-corrected chi connectivity index (χ4v) is 1.81. The topological polar surface area (TPSA) is 47.1 Å². The van der Waals surface area contributed by atoms with Gasteiger partial charge in [0, 0.05) is 25.7 Å². The summed E-state index contributed by atoms with van der Waals surface area (Å²) in [4.78, 5) is 6.76. The lowest BCUT2D eigenvalue weighted by Gasteiger charge is -2.08. The van der Waals surface area contributed by atoms with E-state index in [0.29, 0.717) is 0 Å². The van der Waals surface area contributed by atoms with Crippen molar-refractivity contribution in [2.75, 3.05) is 26.4 Å². The van der Waals surface area contributed by atoms with Crippen LogP contribution in [-0.2, 0) is 13.5 Å². The van der Waals surface area contributed by atoms with Gasteiger partial charge in [0.2, 0.25) is 0 Å². The standard InChI is InChI=1S/C12H18N4/c1-15(2)7-6-12-14-10-8-9(13)4-5-11(10)16(12)3/h4-5,8H,6-7,13H2,1-3H3. The molecule has 4 heteroatoms. The number of benzene rings is 1. The molecule has 86 valence electrons. The van der Waals surface area contributed by atoms with Gasteiger partial charge >= 0.3 is 0 Å². The molecule has 0 aliphatic heterocycles. The van der Waals surface area contributed by atoms with Crippen molar-refractivity contribution >= 4 is 16.7 Å². The molecule has 0 saturated heterocycles. The lowest BCUT2D eigenvalue weighted by molar-refractivity contribution is 0.408. The predicted molar refractivity (Wildman–Crippen MR) is 67.4 cm³/mol. The van der Waals surface area contributed by atoms with Gasteiger partial charge in [0.15, 0.2) is 0 Å². The third kappa shape index (κ3) is 2.02. The number of anilines is 1. The molecule has 4 nitrogen and oxygen atoms in total. The molecule has 0 atom stereocenters. The van der Waals surface area contributed by atoms with E-state index in [0.717, 1.165) is 35.5 Å². The third-order valence-electron chi connectivity index (χ3n) is 2.78. The minimum atomic E-state index is 0.768. The van der Waals surface area contributed by atoms with Crippen molar-refractivity contribution in [3.8, 4) is 0 Å². The summed E-state index contributed by atoms with van der Waals surface area (Å²) >= 11 is 0. The summed E-state index contributed by atoms with van der Waals surface area (Å²) in [6, 6.07) is 5.87. The van der Waals surface area contributed by atoms with Crippen LogP contribution >= 0.6 is 0 Å². The van der Waals surface area contributed by atoms with Crippen molar-refractivity contribution in [3.05, 3.63) is 24.0 Å². The molecule has 0 aliphatic carbocycles. The zero-order chi connectivity index (χ0) is 11.7. The van der Waals surface area contributed by atoms with E-state index < -0.39 is 0 Å². The number of rotatable bonds is 3. The van der Waals surface area contributed by atoms with Crippen LogP contribution in [0.5, 0.6) is 0 Å². The highest BCUT2D eigenvalue weighted by Crippen LogP contribution is 2.18. The fourth-order valence-electron chi connectivity index (χ4n) is 1.81. The molecule has 0 spiro atoms. The lowest BCUT2D eigenvalue weighted by Crippen LogP contribution is -2.16. The first kappa shape index (κ1) is 11.0. The SMILES string of the molecule is CN(C)CCc1nc2cc(N)ccc2n1C. The Kier molecular flexibility index (Phi) is 2.83. The summed E-state index contributed by atoms with van der Waals surface area (Å²) in [5.74, 6) is 1.11. The Balaban J connectivity index is 2.36. The number of aromatic nitrogens is 2. The smallest absolute Gasteiger partial charge is 0.110 e. The minimum absolute atomic E-state index is 0.768. The van der Waals surface area contributed by atoms with E-state index in [1.165, 1.54) is 0 Å². The summed E-state index contributed by atoms with van der Waals surface area (Å²) < 4.78 is 2.14. The van der Waals surface area contributed by atoms with Gasteiger partial charge in [0.05, 0.1) is 11.0 Å². The van der Waals surface area contributed by atoms with Crippen molar-refractivity contribution in [1.29, 1.82) is 0 Å². The molecule has 0 amide bonds. The lowest BCUT2D eigenvalue weighted by atomic mass is 10.3. The van der Waals surface area contributed by atoms with Gasteiger partial charge in [-0.05, 0) is 32.3 Å². The molecule has 2 aromatic rings. The van der Waals surface area contributed by atoms with E-state index >= 15 is 0 Å². The Labute approximate surface area is 95.7 Å². The zero-order valence-electron chi connectivity index (χ0n) is 10.1. The van der Waals surface area contributed by atoms with Crippen LogP contribution in [0, 0.1) is 0 Å². The maximum atomic E-state index is 5.75. The Bertz CT molecular complexity index is 499. The predicted octanol–water partition coefficient (Wildman–Crippen LogP) is 1.26. The first-order chi connectivity index (χ1) is 7.58. The molecule has 1 aromatic carbocycles. The molecule has 1 heterocycles. The molecule has 0 aliphatic rings. The second-order valence-electron chi connectivity index (χ2n) is 4.39. The Morgan fingerprint density at radius 1 is 1.38 bits per heavy atom. The van der Waals surface area contributed by atoms with Crippen molar-refractivity contribution in [2.45, 2.75) is 6.42 Å². The molecule has 1 aromatic heterocycles. The van der Waals surface area contributed by atoms with Gasteiger partial charge in [0.1, 0.15) is 5.82 Å². The van der Waals surface area contributed by atoms with Gasteiger partial charge in [-0.25, -0.2) is 4.98 Å². The van der Waals surface area contributed by atoms with Gasteiger partial charge in [-0.1, -0.05) is 0 Å². The number of nitrogens with two attached hydrogens (primary N) is 1. The Morgan fingerprint density at radius 2 is 2.12 bits per heavy atom. The molecular formula is C12H18N4. The van der Waals surface area contributed by atoms with Crippen molar-refractivity contribution in [2.24, 2.45) is 7.05 Å². The molecule has 0 radical (unpaired) electrons. The highest BCUT2D eigenvalue weighted by atomic mass is 15.1. The number of aryl methyl sites for hydroxylation is 1. The summed E-state index contributed by atoms with van der Waals surface area (Å²) in [5.41, 5.74) is 8.64. The average molecular weight is 218 g/mol. The molecule has 0 unspecified atom stereocenters. The van der Waals surface area contributed by atoms with Gasteiger partial charge in [0.25, 0.3) is 0 Å². The van der Waals surface area contributed by atoms with Crippen LogP contribution in [-0.4, -0.2) is 35.1 Å². The van der Waals surface area contributed by atoms with E-state index in [2.05, 4.69) is 35.6 Å². The largest absolute Gasteiger partial charge is 0.399 e. The van der Waals surface area contributed by atoms with Crippen LogP contribution in [0.4, 0.5) is 5.69 Å². The summed E-state index contributed by atoms with van der Waals surface area (Å²) in [7, 11) is 6.19. The van der Waals surface area contributed by atoms with Crippen LogP contribution in [0.25, 0.3) is 11.0 Å². The van der Waals surface area contributed by atoms with Crippen LogP contribution < -0.4 is 5.73 Å². The van der Waals surface area contributed by atoms with Crippen LogP contribution in [0.2, 0.25) is 0 Å². The first-order valence-electron chi connectivity index (χ1n) is 5.43. The first-order valence-corrected chi connectivity index (χ1v) is 5.43. The monoisotopic (exact) mass is 218 g/mol. The van der Waals surface area contributed by atoms with Crippen molar-refractivity contribution < 1.29 is 0 Å². The quantitative estimate of drug-likeness (QED) is 0.789. The third-order valence-corrected chi connectivity index (χ3v) is 2.78. The van der Waals surface area contributed by atoms with Crippen molar-refractivity contribution in [1.82, 2.24) is 14.5 Å². The minimum Gasteiger partial charge on any atom is -0.399 e. The average Bonchev–Trinajstić information content (AvgIpc) is 2.52. The number of hydrogen-bond acceptors (Lipinski definition) is 3. The second kappa shape index (κ2) is 4.14. The maximum Gasteiger partial charge on any atom is 0.110 e. The van der Waals surface area contributed by atoms with E-state index in [4.69, 9.17) is 5.73 Å².